The van der Waals surface area contributed by atoms with Gasteiger partial charge in [0.05, 0.1) is 22.7 Å². The van der Waals surface area contributed by atoms with E-state index in [1.807, 2.05) is 0 Å². The van der Waals surface area contributed by atoms with Crippen LogP contribution in [0.3, 0.4) is 0 Å². The molecule has 2 rings (SSSR count). The number of aliphatic hydroxyl groups is 1. The molecule has 0 saturated carbocycles. The van der Waals surface area contributed by atoms with E-state index >= 15 is 0 Å². The highest BCUT2D eigenvalue weighted by Gasteiger charge is 2.21. The summed E-state index contributed by atoms with van der Waals surface area (Å²) in [6.45, 7) is 3.13. The molecule has 122 valence electrons. The van der Waals surface area contributed by atoms with Crippen molar-refractivity contribution < 1.29 is 18.7 Å². The number of benzene rings is 2. The molecule has 0 fully saturated rings. The molecular weight excluding hydrogens is 324 g/mol. The van der Waals surface area contributed by atoms with E-state index in [1.54, 1.807) is 6.92 Å². The van der Waals surface area contributed by atoms with Crippen LogP contribution in [0, 0.1) is 18.6 Å². The lowest BCUT2D eigenvalue weighted by atomic mass is 10.0. The summed E-state index contributed by atoms with van der Waals surface area (Å²) in [7, 11) is 0. The van der Waals surface area contributed by atoms with Crippen LogP contribution in [0.1, 0.15) is 34.5 Å². The fourth-order valence-corrected chi connectivity index (χ4v) is 2.38. The highest BCUT2D eigenvalue weighted by Crippen LogP contribution is 2.22. The molecule has 2 aromatic carbocycles. The minimum Gasteiger partial charge on any atom is -0.386 e. The third kappa shape index (κ3) is 4.06. The van der Waals surface area contributed by atoms with Gasteiger partial charge in [-0.15, -0.1) is 0 Å². The monoisotopic (exact) mass is 339 g/mol. The summed E-state index contributed by atoms with van der Waals surface area (Å²) in [5.41, 5.74) is 0.899. The Labute approximate surface area is 137 Å². The lowest BCUT2D eigenvalue weighted by Gasteiger charge is -2.21. The summed E-state index contributed by atoms with van der Waals surface area (Å²) in [5, 5.41) is 12.8. The Hall–Kier alpha value is -1.98. The number of hydrogen-bond acceptors (Lipinski definition) is 2. The number of aryl methyl sites for hydroxylation is 1. The zero-order valence-corrected chi connectivity index (χ0v) is 13.4. The molecule has 0 saturated heterocycles. The van der Waals surface area contributed by atoms with E-state index in [0.717, 1.165) is 6.07 Å². The van der Waals surface area contributed by atoms with Gasteiger partial charge in [0.25, 0.3) is 5.91 Å². The number of halogens is 3. The number of hydrogen-bond donors (Lipinski definition) is 2. The van der Waals surface area contributed by atoms with Gasteiger partial charge in [-0.1, -0.05) is 23.7 Å². The zero-order valence-electron chi connectivity index (χ0n) is 12.6. The van der Waals surface area contributed by atoms with Gasteiger partial charge < -0.3 is 10.4 Å². The van der Waals surface area contributed by atoms with Crippen LogP contribution in [-0.2, 0) is 0 Å². The summed E-state index contributed by atoms with van der Waals surface area (Å²) >= 11 is 5.89. The van der Waals surface area contributed by atoms with E-state index in [0.29, 0.717) is 11.1 Å². The molecule has 0 aliphatic heterocycles. The summed E-state index contributed by atoms with van der Waals surface area (Å²) in [6.07, 6.45) is -1.01. The van der Waals surface area contributed by atoms with Gasteiger partial charge in [-0.25, -0.2) is 8.78 Å². The lowest BCUT2D eigenvalue weighted by molar-refractivity contribution is 0.0852. The smallest absolute Gasteiger partial charge is 0.253 e. The van der Waals surface area contributed by atoms with Crippen LogP contribution < -0.4 is 5.32 Å². The molecule has 2 aromatic rings. The number of nitrogens with one attached hydrogen (secondary N) is 1. The maximum Gasteiger partial charge on any atom is 0.253 e. The second kappa shape index (κ2) is 7.06. The Morgan fingerprint density at radius 2 is 1.83 bits per heavy atom. The van der Waals surface area contributed by atoms with Gasteiger partial charge in [-0.05, 0) is 49.2 Å². The summed E-state index contributed by atoms with van der Waals surface area (Å²) < 4.78 is 26.3. The third-order valence-corrected chi connectivity index (χ3v) is 3.85. The van der Waals surface area contributed by atoms with Gasteiger partial charge in [0.15, 0.2) is 0 Å². The van der Waals surface area contributed by atoms with E-state index in [-0.39, 0.29) is 10.6 Å². The van der Waals surface area contributed by atoms with Crippen LogP contribution in [0.2, 0.25) is 5.02 Å². The first kappa shape index (κ1) is 17.4. The Kier molecular flexibility index (Phi) is 5.34. The Bertz CT molecular complexity index is 719. The molecule has 1 amide bonds. The molecule has 23 heavy (non-hydrogen) atoms. The van der Waals surface area contributed by atoms with Crippen molar-refractivity contribution in [2.45, 2.75) is 26.0 Å². The Morgan fingerprint density at radius 1 is 1.22 bits per heavy atom. The first-order chi connectivity index (χ1) is 10.8. The molecule has 2 unspecified atom stereocenters. The van der Waals surface area contributed by atoms with Crippen molar-refractivity contribution in [3.05, 3.63) is 69.7 Å². The van der Waals surface area contributed by atoms with Crippen LogP contribution in [-0.4, -0.2) is 17.1 Å². The van der Waals surface area contributed by atoms with E-state index < -0.39 is 29.7 Å². The van der Waals surface area contributed by atoms with E-state index in [4.69, 9.17) is 11.6 Å². The van der Waals surface area contributed by atoms with E-state index in [1.165, 1.54) is 37.3 Å². The molecule has 0 bridgehead atoms. The van der Waals surface area contributed by atoms with Crippen molar-refractivity contribution >= 4 is 17.5 Å². The second-order valence-corrected chi connectivity index (χ2v) is 5.75. The number of amides is 1. The number of carbonyl (C=O) groups excluding carboxylic acids is 1. The fourth-order valence-electron chi connectivity index (χ4n) is 2.14. The Balaban J connectivity index is 2.13. The van der Waals surface area contributed by atoms with Crippen LogP contribution in [0.5, 0.6) is 0 Å². The second-order valence-electron chi connectivity index (χ2n) is 5.34. The summed E-state index contributed by atoms with van der Waals surface area (Å²) in [4.78, 5) is 12.2. The molecule has 0 heterocycles. The van der Waals surface area contributed by atoms with E-state index in [9.17, 15) is 18.7 Å². The highest BCUT2D eigenvalue weighted by molar-refractivity contribution is 6.33. The average molecular weight is 340 g/mol. The first-order valence-corrected chi connectivity index (χ1v) is 7.37. The number of rotatable bonds is 4. The van der Waals surface area contributed by atoms with Gasteiger partial charge in [-0.2, -0.15) is 0 Å². The molecule has 0 spiro atoms. The fraction of sp³-hybridized carbons (Fsp3) is 0.235. The first-order valence-electron chi connectivity index (χ1n) is 6.99. The standard InChI is InChI=1S/C17H16ClF2NO2/c1-9-7-13(14(18)8-15(9)20)17(23)21-10(2)16(22)11-3-5-12(19)6-4-11/h3-8,10,16,22H,1-2H3,(H,21,23). The summed E-state index contributed by atoms with van der Waals surface area (Å²) in [6, 6.07) is 7.13. The van der Waals surface area contributed by atoms with Crippen LogP contribution in [0.4, 0.5) is 8.78 Å². The van der Waals surface area contributed by atoms with Crippen molar-refractivity contribution in [3.8, 4) is 0 Å². The quantitative estimate of drug-likeness (QED) is 0.890. The minimum atomic E-state index is -1.01. The topological polar surface area (TPSA) is 49.3 Å². The predicted octanol–water partition coefficient (Wildman–Crippen LogP) is 3.78. The predicted molar refractivity (Wildman–Crippen MR) is 84.4 cm³/mol. The van der Waals surface area contributed by atoms with Crippen molar-refractivity contribution in [2.75, 3.05) is 0 Å². The molecule has 2 atom stereocenters. The molecule has 0 aromatic heterocycles. The van der Waals surface area contributed by atoms with Crippen LogP contribution in [0.25, 0.3) is 0 Å². The largest absolute Gasteiger partial charge is 0.386 e. The molecule has 6 heteroatoms. The minimum absolute atomic E-state index is 0.00549. The van der Waals surface area contributed by atoms with Gasteiger partial charge in [0.1, 0.15) is 11.6 Å². The van der Waals surface area contributed by atoms with Gasteiger partial charge in [0, 0.05) is 0 Å². The molecule has 3 nitrogen and oxygen atoms in total. The van der Waals surface area contributed by atoms with E-state index in [2.05, 4.69) is 5.32 Å². The molecule has 0 aliphatic rings. The maximum absolute atomic E-state index is 13.4. The number of carbonyl (C=O) groups is 1. The van der Waals surface area contributed by atoms with Crippen LogP contribution >= 0.6 is 11.6 Å². The molecule has 2 N–H and O–H groups in total. The molecule has 0 radical (unpaired) electrons. The van der Waals surface area contributed by atoms with Crippen molar-refractivity contribution in [2.24, 2.45) is 0 Å². The third-order valence-electron chi connectivity index (χ3n) is 3.54. The Morgan fingerprint density at radius 3 is 2.43 bits per heavy atom. The van der Waals surface area contributed by atoms with Crippen molar-refractivity contribution in [1.29, 1.82) is 0 Å². The normalized spacial score (nSPS) is 13.5. The average Bonchev–Trinajstić information content (AvgIpc) is 2.50. The van der Waals surface area contributed by atoms with Crippen molar-refractivity contribution in [3.63, 3.8) is 0 Å². The maximum atomic E-state index is 13.4. The van der Waals surface area contributed by atoms with Gasteiger partial charge >= 0.3 is 0 Å². The highest BCUT2D eigenvalue weighted by atomic mass is 35.5. The molecular formula is C17H16ClF2NO2. The van der Waals surface area contributed by atoms with Gasteiger partial charge in [-0.3, -0.25) is 4.79 Å². The van der Waals surface area contributed by atoms with Crippen LogP contribution in [0.15, 0.2) is 36.4 Å². The van der Waals surface area contributed by atoms with Gasteiger partial charge in [0.2, 0.25) is 0 Å². The SMILES string of the molecule is Cc1cc(C(=O)NC(C)C(O)c2ccc(F)cc2)c(Cl)cc1F. The lowest BCUT2D eigenvalue weighted by Crippen LogP contribution is -2.37. The van der Waals surface area contributed by atoms with Crippen molar-refractivity contribution in [1.82, 2.24) is 5.32 Å². The summed E-state index contributed by atoms with van der Waals surface area (Å²) in [5.74, 6) is -1.43. The molecule has 0 aliphatic carbocycles. The number of aliphatic hydroxyl groups excluding tert-OH is 1. The zero-order chi connectivity index (χ0) is 17.1.